The number of nitrogens with one attached hydrogen (secondary N) is 1. The van der Waals surface area contributed by atoms with Gasteiger partial charge in [0.2, 0.25) is 0 Å². The normalized spacial score (nSPS) is 26.7. The molecular formula is C13H21N3. The predicted octanol–water partition coefficient (Wildman–Crippen LogP) is 1.93. The fourth-order valence-electron chi connectivity index (χ4n) is 3.06. The first-order valence-electron chi connectivity index (χ1n) is 6.59. The monoisotopic (exact) mass is 219 g/mol. The van der Waals surface area contributed by atoms with Crippen molar-refractivity contribution < 1.29 is 0 Å². The van der Waals surface area contributed by atoms with Gasteiger partial charge in [0.15, 0.2) is 0 Å². The molecule has 3 rings (SSSR count). The molecule has 3 nitrogen and oxygen atoms in total. The average molecular weight is 219 g/mol. The Bertz CT molecular complexity index is 363. The molecule has 1 aromatic rings. The van der Waals surface area contributed by atoms with Crippen molar-refractivity contribution in [3.63, 3.8) is 0 Å². The van der Waals surface area contributed by atoms with E-state index in [0.29, 0.717) is 0 Å². The van der Waals surface area contributed by atoms with Crippen LogP contribution in [0.1, 0.15) is 43.6 Å². The minimum Gasteiger partial charge on any atom is -0.332 e. The number of rotatable bonds is 1. The van der Waals surface area contributed by atoms with Crippen LogP contribution in [-0.2, 0) is 13.0 Å². The Kier molecular flexibility index (Phi) is 2.72. The van der Waals surface area contributed by atoms with Gasteiger partial charge in [-0.25, -0.2) is 4.98 Å². The molecular weight excluding hydrogens is 198 g/mol. The van der Waals surface area contributed by atoms with E-state index in [9.17, 15) is 0 Å². The molecule has 3 heteroatoms. The van der Waals surface area contributed by atoms with Gasteiger partial charge >= 0.3 is 0 Å². The van der Waals surface area contributed by atoms with E-state index >= 15 is 0 Å². The number of imidazole rings is 1. The molecule has 0 radical (unpaired) electrons. The molecule has 16 heavy (non-hydrogen) atoms. The molecule has 1 N–H and O–H groups in total. The summed E-state index contributed by atoms with van der Waals surface area (Å²) >= 11 is 0. The number of nitrogens with zero attached hydrogens (tertiary/aromatic N) is 2. The van der Waals surface area contributed by atoms with Crippen LogP contribution in [-0.4, -0.2) is 22.6 Å². The summed E-state index contributed by atoms with van der Waals surface area (Å²) in [6.07, 6.45) is 7.18. The number of aromatic nitrogens is 2. The molecule has 2 aliphatic rings. The van der Waals surface area contributed by atoms with Crippen molar-refractivity contribution in [2.45, 2.75) is 45.1 Å². The van der Waals surface area contributed by atoms with E-state index in [4.69, 9.17) is 0 Å². The zero-order valence-corrected chi connectivity index (χ0v) is 10.1. The third-order valence-corrected chi connectivity index (χ3v) is 4.08. The molecule has 3 heterocycles. The van der Waals surface area contributed by atoms with Crippen molar-refractivity contribution in [3.05, 3.63) is 17.7 Å². The highest BCUT2D eigenvalue weighted by molar-refractivity contribution is 5.14. The standard InChI is InChI=1S/C13H21N3/c1-10-2-3-13-15-8-12(16(13)9-10)11-4-6-14-7-5-11/h8,10-11,14H,2-7,9H2,1H3. The summed E-state index contributed by atoms with van der Waals surface area (Å²) in [6, 6.07) is 0. The van der Waals surface area contributed by atoms with Gasteiger partial charge in [0.05, 0.1) is 0 Å². The van der Waals surface area contributed by atoms with Crippen LogP contribution in [0.3, 0.4) is 0 Å². The zero-order chi connectivity index (χ0) is 11.0. The van der Waals surface area contributed by atoms with Gasteiger partial charge in [0.1, 0.15) is 5.82 Å². The van der Waals surface area contributed by atoms with Crippen LogP contribution >= 0.6 is 0 Å². The lowest BCUT2D eigenvalue weighted by atomic mass is 9.94. The maximum atomic E-state index is 4.61. The molecule has 2 aliphatic heterocycles. The van der Waals surface area contributed by atoms with Crippen molar-refractivity contribution in [2.24, 2.45) is 5.92 Å². The van der Waals surface area contributed by atoms with E-state index in [1.807, 2.05) is 0 Å². The van der Waals surface area contributed by atoms with Crippen molar-refractivity contribution in [2.75, 3.05) is 13.1 Å². The third-order valence-electron chi connectivity index (χ3n) is 4.08. The van der Waals surface area contributed by atoms with Crippen LogP contribution in [0.2, 0.25) is 0 Å². The molecule has 0 bridgehead atoms. The van der Waals surface area contributed by atoms with Crippen molar-refractivity contribution in [1.29, 1.82) is 0 Å². The Morgan fingerprint density at radius 2 is 2.12 bits per heavy atom. The lowest BCUT2D eigenvalue weighted by Gasteiger charge is -2.27. The maximum absolute atomic E-state index is 4.61. The van der Waals surface area contributed by atoms with Crippen LogP contribution in [0.15, 0.2) is 6.20 Å². The van der Waals surface area contributed by atoms with E-state index in [1.165, 1.54) is 56.8 Å². The second-order valence-corrected chi connectivity index (χ2v) is 5.38. The second-order valence-electron chi connectivity index (χ2n) is 5.38. The molecule has 88 valence electrons. The van der Waals surface area contributed by atoms with Gasteiger partial charge in [0.25, 0.3) is 0 Å². The quantitative estimate of drug-likeness (QED) is 0.782. The van der Waals surface area contributed by atoms with Crippen molar-refractivity contribution >= 4 is 0 Å². The Hall–Kier alpha value is -0.830. The van der Waals surface area contributed by atoms with Crippen LogP contribution in [0.4, 0.5) is 0 Å². The van der Waals surface area contributed by atoms with E-state index in [2.05, 4.69) is 28.0 Å². The Labute approximate surface area is 97.3 Å². The first-order valence-corrected chi connectivity index (χ1v) is 6.59. The van der Waals surface area contributed by atoms with E-state index in [-0.39, 0.29) is 0 Å². The van der Waals surface area contributed by atoms with Gasteiger partial charge < -0.3 is 9.88 Å². The van der Waals surface area contributed by atoms with Crippen LogP contribution in [0, 0.1) is 5.92 Å². The first-order chi connectivity index (χ1) is 7.84. The van der Waals surface area contributed by atoms with Gasteiger partial charge in [-0.3, -0.25) is 0 Å². The minimum atomic E-state index is 0.743. The van der Waals surface area contributed by atoms with Crippen molar-refractivity contribution in [3.8, 4) is 0 Å². The first kappa shape index (κ1) is 10.3. The van der Waals surface area contributed by atoms with Crippen molar-refractivity contribution in [1.82, 2.24) is 14.9 Å². The zero-order valence-electron chi connectivity index (χ0n) is 10.1. The molecule has 1 atom stereocenters. The summed E-state index contributed by atoms with van der Waals surface area (Å²) in [5.74, 6) is 2.89. The van der Waals surface area contributed by atoms with Gasteiger partial charge in [-0.1, -0.05) is 6.92 Å². The van der Waals surface area contributed by atoms with Gasteiger partial charge in [-0.2, -0.15) is 0 Å². The SMILES string of the molecule is CC1CCc2ncc(C3CCNCC3)n2C1. The van der Waals surface area contributed by atoms with E-state index in [1.54, 1.807) is 0 Å². The summed E-state index contributed by atoms with van der Waals surface area (Å²) < 4.78 is 2.50. The fourth-order valence-corrected chi connectivity index (χ4v) is 3.06. The van der Waals surface area contributed by atoms with Gasteiger partial charge in [0, 0.05) is 30.8 Å². The van der Waals surface area contributed by atoms with E-state index in [0.717, 1.165) is 11.8 Å². The molecule has 1 aromatic heterocycles. The highest BCUT2D eigenvalue weighted by Gasteiger charge is 2.24. The molecule has 1 fully saturated rings. The predicted molar refractivity (Wildman–Crippen MR) is 64.6 cm³/mol. The summed E-state index contributed by atoms with van der Waals surface area (Å²) in [4.78, 5) is 4.61. The lowest BCUT2D eigenvalue weighted by Crippen LogP contribution is -2.29. The van der Waals surface area contributed by atoms with Crippen LogP contribution < -0.4 is 5.32 Å². The minimum absolute atomic E-state index is 0.743. The molecule has 0 aliphatic carbocycles. The summed E-state index contributed by atoms with van der Waals surface area (Å²) in [7, 11) is 0. The Morgan fingerprint density at radius 1 is 1.31 bits per heavy atom. The Balaban J connectivity index is 1.86. The topological polar surface area (TPSA) is 29.9 Å². The maximum Gasteiger partial charge on any atom is 0.108 e. The molecule has 0 aromatic carbocycles. The van der Waals surface area contributed by atoms with Gasteiger partial charge in [-0.05, 0) is 38.3 Å². The number of hydrogen-bond acceptors (Lipinski definition) is 2. The summed E-state index contributed by atoms with van der Waals surface area (Å²) in [5.41, 5.74) is 1.50. The van der Waals surface area contributed by atoms with Crippen LogP contribution in [0.5, 0.6) is 0 Å². The number of aryl methyl sites for hydroxylation is 1. The Morgan fingerprint density at radius 3 is 2.94 bits per heavy atom. The second kappa shape index (κ2) is 4.21. The molecule has 1 unspecified atom stereocenters. The fraction of sp³-hybridized carbons (Fsp3) is 0.769. The number of piperidine rings is 1. The molecule has 0 spiro atoms. The third kappa shape index (κ3) is 1.77. The van der Waals surface area contributed by atoms with Gasteiger partial charge in [-0.15, -0.1) is 0 Å². The van der Waals surface area contributed by atoms with Crippen LogP contribution in [0.25, 0.3) is 0 Å². The lowest BCUT2D eigenvalue weighted by molar-refractivity contribution is 0.366. The smallest absolute Gasteiger partial charge is 0.108 e. The molecule has 0 amide bonds. The number of fused-ring (bicyclic) bond motifs is 1. The van der Waals surface area contributed by atoms with E-state index < -0.39 is 0 Å². The largest absolute Gasteiger partial charge is 0.332 e. The molecule has 1 saturated heterocycles. The average Bonchev–Trinajstić information content (AvgIpc) is 2.73. The molecule has 0 saturated carbocycles. The highest BCUT2D eigenvalue weighted by Crippen LogP contribution is 2.29. The summed E-state index contributed by atoms with van der Waals surface area (Å²) in [5, 5.41) is 3.44. The number of hydrogen-bond donors (Lipinski definition) is 1. The summed E-state index contributed by atoms with van der Waals surface area (Å²) in [6.45, 7) is 5.88. The highest BCUT2D eigenvalue weighted by atomic mass is 15.1.